The van der Waals surface area contributed by atoms with Crippen LogP contribution in [0.4, 0.5) is 5.82 Å². The highest BCUT2D eigenvalue weighted by molar-refractivity contribution is 5.64. The molecule has 0 saturated heterocycles. The predicted molar refractivity (Wildman–Crippen MR) is 45.1 cm³/mol. The van der Waals surface area contributed by atoms with Crippen LogP contribution in [0.5, 0.6) is 0 Å². The third-order valence-corrected chi connectivity index (χ3v) is 1.81. The van der Waals surface area contributed by atoms with E-state index >= 15 is 0 Å². The van der Waals surface area contributed by atoms with Gasteiger partial charge in [-0.05, 0) is 13.0 Å². The largest absolute Gasteiger partial charge is 0.361 e. The fourth-order valence-corrected chi connectivity index (χ4v) is 1.33. The Hall–Kier alpha value is -1.25. The molecular formula is C8H11N3. The number of H-pyrrole nitrogens is 1. The molecule has 0 atom stereocenters. The molecule has 0 unspecified atom stereocenters. The zero-order valence-corrected chi connectivity index (χ0v) is 6.76. The topological polar surface area (TPSA) is 31.4 Å². The Kier molecular flexibility index (Phi) is 1.24. The van der Waals surface area contributed by atoms with Crippen LogP contribution >= 0.6 is 0 Å². The van der Waals surface area contributed by atoms with Crippen molar-refractivity contribution in [1.29, 1.82) is 0 Å². The zero-order valence-electron chi connectivity index (χ0n) is 6.76. The summed E-state index contributed by atoms with van der Waals surface area (Å²) in [4.78, 5) is 9.50. The number of hydrogen-bond acceptors (Lipinski definition) is 2. The smallest absolute Gasteiger partial charge is 0.136 e. The Bertz CT molecular complexity index is 298. The fourth-order valence-electron chi connectivity index (χ4n) is 1.33. The summed E-state index contributed by atoms with van der Waals surface area (Å²) in [5.41, 5.74) is 2.47. The van der Waals surface area contributed by atoms with Gasteiger partial charge in [0, 0.05) is 24.8 Å². The monoisotopic (exact) mass is 149 g/mol. The molecule has 1 aliphatic heterocycles. The first-order chi connectivity index (χ1) is 5.25. The van der Waals surface area contributed by atoms with Gasteiger partial charge in [0.15, 0.2) is 0 Å². The third kappa shape index (κ3) is 1.02. The number of rotatable bonds is 0. The van der Waals surface area contributed by atoms with E-state index in [1.807, 2.05) is 20.3 Å². The minimum atomic E-state index is 0.961. The van der Waals surface area contributed by atoms with Crippen molar-refractivity contribution in [1.82, 2.24) is 9.88 Å². The summed E-state index contributed by atoms with van der Waals surface area (Å²) in [5.74, 6) is 1.01. The van der Waals surface area contributed by atoms with Crippen molar-refractivity contribution < 1.29 is 0 Å². The fraction of sp³-hybridized carbons (Fsp3) is 0.375. The molecule has 1 aromatic rings. The van der Waals surface area contributed by atoms with Crippen LogP contribution in [-0.2, 0) is 6.54 Å². The maximum absolute atomic E-state index is 4.24. The molecule has 0 radical (unpaired) electrons. The van der Waals surface area contributed by atoms with Gasteiger partial charge in [-0.3, -0.25) is 0 Å². The molecule has 2 rings (SSSR count). The van der Waals surface area contributed by atoms with Gasteiger partial charge in [0.05, 0.1) is 6.34 Å². The van der Waals surface area contributed by atoms with E-state index in [2.05, 4.69) is 20.9 Å². The lowest BCUT2D eigenvalue weighted by molar-refractivity contribution is 0.509. The molecule has 0 saturated carbocycles. The van der Waals surface area contributed by atoms with E-state index in [0.29, 0.717) is 0 Å². The van der Waals surface area contributed by atoms with Gasteiger partial charge in [-0.2, -0.15) is 0 Å². The van der Waals surface area contributed by atoms with Gasteiger partial charge in [0.2, 0.25) is 0 Å². The summed E-state index contributed by atoms with van der Waals surface area (Å²) < 4.78 is 0. The van der Waals surface area contributed by atoms with Crippen molar-refractivity contribution >= 4 is 12.2 Å². The first-order valence-corrected chi connectivity index (χ1v) is 3.68. The lowest BCUT2D eigenvalue weighted by Crippen LogP contribution is -2.17. The number of nitrogens with zero attached hydrogens (tertiary/aromatic N) is 2. The lowest BCUT2D eigenvalue weighted by atomic mass is 10.2. The second-order valence-corrected chi connectivity index (χ2v) is 2.99. The molecule has 11 heavy (non-hydrogen) atoms. The molecule has 2 heterocycles. The maximum Gasteiger partial charge on any atom is 0.136 e. The second kappa shape index (κ2) is 2.12. The van der Waals surface area contributed by atoms with Crippen LogP contribution in [0.3, 0.4) is 0 Å². The minimum absolute atomic E-state index is 0.961. The summed E-state index contributed by atoms with van der Waals surface area (Å²) in [7, 11) is 2.02. The minimum Gasteiger partial charge on any atom is -0.361 e. The predicted octanol–water partition coefficient (Wildman–Crippen LogP) is 1.43. The normalized spacial score (nSPS) is 15.3. The highest BCUT2D eigenvalue weighted by atomic mass is 15.2. The van der Waals surface area contributed by atoms with Gasteiger partial charge < -0.3 is 9.88 Å². The molecule has 1 aromatic heterocycles. The first kappa shape index (κ1) is 6.46. The molecule has 0 aliphatic carbocycles. The van der Waals surface area contributed by atoms with E-state index in [1.165, 1.54) is 11.3 Å². The highest BCUT2D eigenvalue weighted by Gasteiger charge is 2.09. The molecule has 58 valence electrons. The number of aryl methyl sites for hydroxylation is 1. The average Bonchev–Trinajstić information content (AvgIpc) is 2.27. The van der Waals surface area contributed by atoms with E-state index in [1.54, 1.807) is 0 Å². The SMILES string of the molecule is Cc1cc2c([nH]1)N=CN(C)C2. The third-order valence-electron chi connectivity index (χ3n) is 1.81. The van der Waals surface area contributed by atoms with Crippen molar-refractivity contribution in [3.05, 3.63) is 17.3 Å². The van der Waals surface area contributed by atoms with Gasteiger partial charge in [0.1, 0.15) is 5.82 Å². The number of nitrogens with one attached hydrogen (secondary N) is 1. The molecule has 3 nitrogen and oxygen atoms in total. The Balaban J connectivity index is 2.44. The van der Waals surface area contributed by atoms with Crippen LogP contribution in [0.15, 0.2) is 11.1 Å². The summed E-state index contributed by atoms with van der Waals surface area (Å²) >= 11 is 0. The molecule has 3 heteroatoms. The molecule has 0 spiro atoms. The molecule has 0 fully saturated rings. The molecule has 0 bridgehead atoms. The summed E-state index contributed by atoms with van der Waals surface area (Å²) in [6, 6.07) is 2.14. The summed E-state index contributed by atoms with van der Waals surface area (Å²) in [6.07, 6.45) is 1.85. The van der Waals surface area contributed by atoms with E-state index in [-0.39, 0.29) is 0 Å². The number of aromatic nitrogens is 1. The van der Waals surface area contributed by atoms with Crippen molar-refractivity contribution in [2.45, 2.75) is 13.5 Å². The van der Waals surface area contributed by atoms with Gasteiger partial charge in [-0.15, -0.1) is 0 Å². The Morgan fingerprint density at radius 2 is 2.45 bits per heavy atom. The maximum atomic E-state index is 4.24. The summed E-state index contributed by atoms with van der Waals surface area (Å²) in [5, 5.41) is 0. The molecular weight excluding hydrogens is 138 g/mol. The van der Waals surface area contributed by atoms with Crippen LogP contribution in [0.25, 0.3) is 0 Å². The van der Waals surface area contributed by atoms with Crippen LogP contribution in [-0.4, -0.2) is 23.3 Å². The number of aromatic amines is 1. The Morgan fingerprint density at radius 1 is 1.64 bits per heavy atom. The number of hydrogen-bond donors (Lipinski definition) is 1. The van der Waals surface area contributed by atoms with Crippen molar-refractivity contribution in [2.24, 2.45) is 4.99 Å². The van der Waals surface area contributed by atoms with Crippen molar-refractivity contribution in [3.8, 4) is 0 Å². The van der Waals surface area contributed by atoms with Crippen LogP contribution in [0, 0.1) is 6.92 Å². The van der Waals surface area contributed by atoms with Gasteiger partial charge in [-0.25, -0.2) is 4.99 Å². The van der Waals surface area contributed by atoms with E-state index in [0.717, 1.165) is 12.4 Å². The van der Waals surface area contributed by atoms with E-state index in [9.17, 15) is 0 Å². The molecule has 0 amide bonds. The number of aliphatic imine (C=N–C) groups is 1. The standard InChI is InChI=1S/C8H11N3/c1-6-3-7-4-11(2)5-9-8(7)10-6/h3,5,10H,4H2,1-2H3. The van der Waals surface area contributed by atoms with E-state index in [4.69, 9.17) is 0 Å². The Labute approximate surface area is 65.7 Å². The van der Waals surface area contributed by atoms with Gasteiger partial charge >= 0.3 is 0 Å². The molecule has 0 aromatic carbocycles. The van der Waals surface area contributed by atoms with Crippen LogP contribution in [0.2, 0.25) is 0 Å². The second-order valence-electron chi connectivity index (χ2n) is 2.99. The quantitative estimate of drug-likeness (QED) is 0.594. The van der Waals surface area contributed by atoms with Gasteiger partial charge in [0.25, 0.3) is 0 Å². The number of fused-ring (bicyclic) bond motifs is 1. The molecule has 1 N–H and O–H groups in total. The van der Waals surface area contributed by atoms with Gasteiger partial charge in [-0.1, -0.05) is 0 Å². The highest BCUT2D eigenvalue weighted by Crippen LogP contribution is 2.22. The van der Waals surface area contributed by atoms with Crippen molar-refractivity contribution in [3.63, 3.8) is 0 Å². The van der Waals surface area contributed by atoms with Crippen molar-refractivity contribution in [2.75, 3.05) is 7.05 Å². The lowest BCUT2D eigenvalue weighted by Gasteiger charge is -2.16. The average molecular weight is 149 g/mol. The Morgan fingerprint density at radius 3 is 3.27 bits per heavy atom. The van der Waals surface area contributed by atoms with E-state index < -0.39 is 0 Å². The van der Waals surface area contributed by atoms with Crippen LogP contribution < -0.4 is 0 Å². The van der Waals surface area contributed by atoms with Crippen LogP contribution in [0.1, 0.15) is 11.3 Å². The summed E-state index contributed by atoms with van der Waals surface area (Å²) in [6.45, 7) is 3.01. The first-order valence-electron chi connectivity index (χ1n) is 3.68. The molecule has 1 aliphatic rings. The zero-order chi connectivity index (χ0) is 7.84.